The Hall–Kier alpha value is -1.28. The third kappa shape index (κ3) is 7.76. The van der Waals surface area contributed by atoms with Crippen molar-refractivity contribution in [2.75, 3.05) is 12.9 Å². The van der Waals surface area contributed by atoms with Crippen molar-refractivity contribution in [3.05, 3.63) is 0 Å². The monoisotopic (exact) mass is 654 g/mol. The molecular formula is C19H23F17O3S. The van der Waals surface area contributed by atoms with E-state index in [9.17, 15) is 83.1 Å². The largest absolute Gasteiger partial charge is 0.460 e. The van der Waals surface area contributed by atoms with Crippen LogP contribution in [0.5, 0.6) is 0 Å². The van der Waals surface area contributed by atoms with Crippen LogP contribution >= 0.6 is 0 Å². The summed E-state index contributed by atoms with van der Waals surface area (Å²) in [6, 6.07) is 0. The van der Waals surface area contributed by atoms with E-state index >= 15 is 0 Å². The van der Waals surface area contributed by atoms with Crippen LogP contribution in [-0.4, -0.2) is 68.9 Å². The molecule has 0 N–H and O–H groups in total. The Balaban J connectivity index is 5.32. The maximum Gasteiger partial charge on any atom is 0.460 e. The van der Waals surface area contributed by atoms with Gasteiger partial charge in [-0.2, -0.15) is 83.1 Å². The Kier molecular flexibility index (Phi) is 12.1. The molecule has 0 heterocycles. The van der Waals surface area contributed by atoms with Gasteiger partial charge in [-0.3, -0.25) is 4.18 Å². The first kappa shape index (κ1) is 38.7. The average Bonchev–Trinajstić information content (AvgIpc) is 2.74. The predicted octanol–water partition coefficient (Wildman–Crippen LogP) is 8.48. The van der Waals surface area contributed by atoms with Gasteiger partial charge in [-0.05, 0) is 12.8 Å². The predicted molar refractivity (Wildman–Crippen MR) is 103 cm³/mol. The second kappa shape index (κ2) is 12.5. The molecular weight excluding hydrogens is 631 g/mol. The number of unbranched alkanes of at least 4 members (excludes halogenated alkanes) is 7. The standard InChI is InChI=1S/C19H23F17O3S/c1-40(37,38)39-11-9-7-5-3-2-4-6-8-10-12(20,21)13(22,23)14(24,25)15(26,27)16(28,29)17(30,31)18(32,33)19(34,35)36/h2-11H2,1H3. The van der Waals surface area contributed by atoms with Crippen molar-refractivity contribution in [2.24, 2.45) is 0 Å². The summed E-state index contributed by atoms with van der Waals surface area (Å²) >= 11 is 0. The zero-order valence-corrected chi connectivity index (χ0v) is 20.9. The van der Waals surface area contributed by atoms with Crippen molar-refractivity contribution in [3.63, 3.8) is 0 Å². The summed E-state index contributed by atoms with van der Waals surface area (Å²) in [4.78, 5) is 0. The molecule has 242 valence electrons. The van der Waals surface area contributed by atoms with Gasteiger partial charge in [0.2, 0.25) is 0 Å². The van der Waals surface area contributed by atoms with Crippen molar-refractivity contribution in [2.45, 2.75) is 105 Å². The van der Waals surface area contributed by atoms with E-state index < -0.39 is 77.0 Å². The lowest BCUT2D eigenvalue weighted by Gasteiger charge is -2.42. The molecule has 0 aliphatic heterocycles. The van der Waals surface area contributed by atoms with E-state index in [1.807, 2.05) is 0 Å². The summed E-state index contributed by atoms with van der Waals surface area (Å²) in [6.45, 7) is -0.125. The molecule has 21 heteroatoms. The lowest BCUT2D eigenvalue weighted by Crippen LogP contribution is -2.74. The SMILES string of the molecule is CS(=O)(=O)OCCCCCCCCCCC(F)(F)C(F)(F)C(F)(F)C(F)(F)C(F)(F)C(F)(F)C(F)(F)C(F)(F)F. The summed E-state index contributed by atoms with van der Waals surface area (Å²) in [5.74, 6) is -56.0. The normalized spacial score (nSPS) is 15.6. The highest BCUT2D eigenvalue weighted by Crippen LogP contribution is 2.64. The fraction of sp³-hybridized carbons (Fsp3) is 1.00. The summed E-state index contributed by atoms with van der Waals surface area (Å²) in [7, 11) is -3.64. The first-order chi connectivity index (χ1) is 17.5. The van der Waals surface area contributed by atoms with Crippen LogP contribution in [0.4, 0.5) is 74.6 Å². The Morgan fingerprint density at radius 3 is 1.10 bits per heavy atom. The van der Waals surface area contributed by atoms with Crippen molar-refractivity contribution in [1.29, 1.82) is 0 Å². The lowest BCUT2D eigenvalue weighted by atomic mass is 9.87. The molecule has 0 atom stereocenters. The van der Waals surface area contributed by atoms with Crippen LogP contribution in [0.1, 0.15) is 57.8 Å². The molecule has 0 unspecified atom stereocenters. The van der Waals surface area contributed by atoms with Gasteiger partial charge in [0.25, 0.3) is 10.1 Å². The van der Waals surface area contributed by atoms with Crippen LogP contribution in [0, 0.1) is 0 Å². The molecule has 0 aromatic carbocycles. The topological polar surface area (TPSA) is 43.4 Å². The van der Waals surface area contributed by atoms with Gasteiger partial charge >= 0.3 is 47.6 Å². The Morgan fingerprint density at radius 1 is 0.450 bits per heavy atom. The Morgan fingerprint density at radius 2 is 0.750 bits per heavy atom. The number of rotatable bonds is 18. The highest BCUT2D eigenvalue weighted by molar-refractivity contribution is 7.85. The lowest BCUT2D eigenvalue weighted by molar-refractivity contribution is -0.461. The quantitative estimate of drug-likeness (QED) is 0.0847. The van der Waals surface area contributed by atoms with E-state index in [1.165, 1.54) is 0 Å². The maximum atomic E-state index is 13.8. The fourth-order valence-electron chi connectivity index (χ4n) is 3.07. The summed E-state index contributed by atoms with van der Waals surface area (Å²) in [5, 5.41) is 0. The molecule has 0 amide bonds. The van der Waals surface area contributed by atoms with E-state index in [0.29, 0.717) is 25.7 Å². The Labute approximate surface area is 216 Å². The van der Waals surface area contributed by atoms with Crippen LogP contribution < -0.4 is 0 Å². The first-order valence-electron chi connectivity index (χ1n) is 11.0. The third-order valence-corrected chi connectivity index (χ3v) is 6.06. The average molecular weight is 654 g/mol. The van der Waals surface area contributed by atoms with E-state index in [4.69, 9.17) is 0 Å². The van der Waals surface area contributed by atoms with E-state index in [2.05, 4.69) is 4.18 Å². The molecule has 0 aromatic heterocycles. The van der Waals surface area contributed by atoms with Crippen LogP contribution in [-0.2, 0) is 14.3 Å². The molecule has 0 fully saturated rings. The molecule has 0 aliphatic carbocycles. The summed E-state index contributed by atoms with van der Waals surface area (Å²) in [5.41, 5.74) is 0. The number of alkyl halides is 17. The minimum Gasteiger partial charge on any atom is -0.270 e. The van der Waals surface area contributed by atoms with Crippen molar-refractivity contribution >= 4 is 10.1 Å². The van der Waals surface area contributed by atoms with Gasteiger partial charge in [0.1, 0.15) is 0 Å². The van der Waals surface area contributed by atoms with Crippen LogP contribution in [0.2, 0.25) is 0 Å². The first-order valence-corrected chi connectivity index (χ1v) is 12.8. The van der Waals surface area contributed by atoms with Crippen molar-refractivity contribution < 1.29 is 87.2 Å². The highest BCUT2D eigenvalue weighted by Gasteiger charge is 2.95. The minimum atomic E-state index is -8.61. The smallest absolute Gasteiger partial charge is 0.270 e. The molecule has 0 saturated carbocycles. The van der Waals surface area contributed by atoms with Crippen LogP contribution in [0.25, 0.3) is 0 Å². The third-order valence-electron chi connectivity index (χ3n) is 5.47. The van der Waals surface area contributed by atoms with Gasteiger partial charge in [0.15, 0.2) is 0 Å². The van der Waals surface area contributed by atoms with Crippen molar-refractivity contribution in [1.82, 2.24) is 0 Å². The number of halogens is 17. The molecule has 40 heavy (non-hydrogen) atoms. The summed E-state index contributed by atoms with van der Waals surface area (Å²) in [6.07, 6.45) is -9.18. The molecule has 3 nitrogen and oxygen atoms in total. The van der Waals surface area contributed by atoms with E-state index in [0.717, 1.165) is 6.26 Å². The van der Waals surface area contributed by atoms with Gasteiger partial charge in [-0.25, -0.2) is 0 Å². The number of hydrogen-bond donors (Lipinski definition) is 0. The molecule has 0 radical (unpaired) electrons. The number of hydrogen-bond acceptors (Lipinski definition) is 3. The summed E-state index contributed by atoms with van der Waals surface area (Å²) < 4.78 is 250. The Bertz CT molecular complexity index is 913. The molecule has 0 spiro atoms. The minimum absolute atomic E-state index is 0.0368. The molecule has 0 saturated heterocycles. The second-order valence-corrected chi connectivity index (χ2v) is 10.4. The van der Waals surface area contributed by atoms with Gasteiger partial charge in [0.05, 0.1) is 12.9 Å². The van der Waals surface area contributed by atoms with Gasteiger partial charge in [-0.1, -0.05) is 38.5 Å². The molecule has 0 bridgehead atoms. The zero-order valence-electron chi connectivity index (χ0n) is 20.1. The van der Waals surface area contributed by atoms with Gasteiger partial charge in [-0.15, -0.1) is 0 Å². The molecule has 0 aromatic rings. The van der Waals surface area contributed by atoms with Crippen molar-refractivity contribution in [3.8, 4) is 0 Å². The van der Waals surface area contributed by atoms with Crippen LogP contribution in [0.15, 0.2) is 0 Å². The van der Waals surface area contributed by atoms with E-state index in [-0.39, 0.29) is 19.4 Å². The van der Waals surface area contributed by atoms with Crippen LogP contribution in [0.3, 0.4) is 0 Å². The highest BCUT2D eigenvalue weighted by atomic mass is 32.2. The molecule has 0 aliphatic rings. The maximum absolute atomic E-state index is 13.8. The fourth-order valence-corrected chi connectivity index (χ4v) is 3.49. The zero-order chi connectivity index (χ0) is 32.3. The van der Waals surface area contributed by atoms with Gasteiger partial charge < -0.3 is 0 Å². The molecule has 0 rings (SSSR count). The second-order valence-electron chi connectivity index (χ2n) is 8.75. The van der Waals surface area contributed by atoms with Gasteiger partial charge in [0, 0.05) is 6.42 Å². The van der Waals surface area contributed by atoms with E-state index in [1.54, 1.807) is 0 Å².